The van der Waals surface area contributed by atoms with Gasteiger partial charge in [0.25, 0.3) is 5.91 Å². The van der Waals surface area contributed by atoms with Gasteiger partial charge in [0.15, 0.2) is 0 Å². The summed E-state index contributed by atoms with van der Waals surface area (Å²) in [7, 11) is 0. The summed E-state index contributed by atoms with van der Waals surface area (Å²) in [6.07, 6.45) is 1.64. The number of hydrogen-bond acceptors (Lipinski definition) is 3. The van der Waals surface area contributed by atoms with E-state index in [0.29, 0.717) is 5.56 Å². The van der Waals surface area contributed by atoms with E-state index in [2.05, 4.69) is 5.32 Å². The van der Waals surface area contributed by atoms with Crippen molar-refractivity contribution in [2.75, 3.05) is 0 Å². The first-order valence-corrected chi connectivity index (χ1v) is 9.12. The lowest BCUT2D eigenvalue weighted by atomic mass is 10.1. The molecule has 3 aromatic carbocycles. The summed E-state index contributed by atoms with van der Waals surface area (Å²) in [4.78, 5) is 25.3. The van der Waals surface area contributed by atoms with Gasteiger partial charge in [-0.05, 0) is 61.4 Å². The van der Waals surface area contributed by atoms with Crippen LogP contribution >= 0.6 is 0 Å². The molecule has 1 N–H and O–H groups in total. The lowest BCUT2D eigenvalue weighted by Crippen LogP contribution is -2.32. The van der Waals surface area contributed by atoms with Crippen LogP contribution in [-0.2, 0) is 9.53 Å². The maximum atomic E-state index is 12.7. The van der Waals surface area contributed by atoms with Gasteiger partial charge < -0.3 is 10.1 Å². The molecule has 3 rings (SSSR count). The molecule has 0 radical (unpaired) electrons. The highest BCUT2D eigenvalue weighted by atomic mass is 16.6. The Balaban J connectivity index is 1.95. The van der Waals surface area contributed by atoms with Gasteiger partial charge in [0, 0.05) is 5.56 Å². The predicted octanol–water partition coefficient (Wildman–Crippen LogP) is 4.95. The molecule has 0 spiro atoms. The van der Waals surface area contributed by atoms with Crippen molar-refractivity contribution in [1.82, 2.24) is 5.32 Å². The van der Waals surface area contributed by atoms with Crippen molar-refractivity contribution in [3.8, 4) is 0 Å². The minimum Gasteiger partial charge on any atom is -0.455 e. The van der Waals surface area contributed by atoms with Crippen LogP contribution < -0.4 is 5.32 Å². The van der Waals surface area contributed by atoms with Gasteiger partial charge in [0.05, 0.1) is 0 Å². The second-order valence-electron chi connectivity index (χ2n) is 7.49. The van der Waals surface area contributed by atoms with Gasteiger partial charge in [-0.15, -0.1) is 0 Å². The minimum absolute atomic E-state index is 0.0964. The zero-order valence-corrected chi connectivity index (χ0v) is 16.2. The van der Waals surface area contributed by atoms with Gasteiger partial charge in [-0.25, -0.2) is 4.79 Å². The van der Waals surface area contributed by atoms with E-state index >= 15 is 0 Å². The molecule has 142 valence electrons. The summed E-state index contributed by atoms with van der Waals surface area (Å²) in [6.45, 7) is 5.37. The van der Waals surface area contributed by atoms with Crippen LogP contribution in [0.2, 0.25) is 0 Å². The van der Waals surface area contributed by atoms with E-state index in [9.17, 15) is 9.59 Å². The number of esters is 1. The predicted molar refractivity (Wildman–Crippen MR) is 112 cm³/mol. The highest BCUT2D eigenvalue weighted by Crippen LogP contribution is 2.19. The van der Waals surface area contributed by atoms with E-state index in [1.54, 1.807) is 51.1 Å². The fraction of sp³-hybridized carbons (Fsp3) is 0.167. The van der Waals surface area contributed by atoms with Crippen molar-refractivity contribution in [3.63, 3.8) is 0 Å². The summed E-state index contributed by atoms with van der Waals surface area (Å²) >= 11 is 0. The van der Waals surface area contributed by atoms with Crippen molar-refractivity contribution in [2.24, 2.45) is 0 Å². The molecule has 0 aromatic heterocycles. The molecule has 0 unspecified atom stereocenters. The average Bonchev–Trinajstić information content (AvgIpc) is 2.66. The van der Waals surface area contributed by atoms with Gasteiger partial charge in [0.2, 0.25) is 0 Å². The van der Waals surface area contributed by atoms with Crippen molar-refractivity contribution in [3.05, 3.63) is 89.6 Å². The Bertz CT molecular complexity index is 1030. The van der Waals surface area contributed by atoms with E-state index < -0.39 is 11.6 Å². The highest BCUT2D eigenvalue weighted by molar-refractivity contribution is 6.03. The van der Waals surface area contributed by atoms with Crippen LogP contribution in [0.15, 0.2) is 78.5 Å². The third-order valence-corrected chi connectivity index (χ3v) is 3.99. The van der Waals surface area contributed by atoms with Crippen LogP contribution in [0.4, 0.5) is 0 Å². The van der Waals surface area contributed by atoms with Gasteiger partial charge in [-0.2, -0.15) is 0 Å². The number of amides is 1. The van der Waals surface area contributed by atoms with Crippen LogP contribution in [0.1, 0.15) is 36.7 Å². The fourth-order valence-corrected chi connectivity index (χ4v) is 2.73. The van der Waals surface area contributed by atoms with Crippen LogP contribution in [0.3, 0.4) is 0 Å². The third-order valence-electron chi connectivity index (χ3n) is 3.99. The normalized spacial score (nSPS) is 11.9. The quantitative estimate of drug-likeness (QED) is 0.520. The molecule has 0 aliphatic rings. The Hall–Kier alpha value is -3.40. The fourth-order valence-electron chi connectivity index (χ4n) is 2.73. The first-order valence-electron chi connectivity index (χ1n) is 9.12. The first-order chi connectivity index (χ1) is 13.3. The van der Waals surface area contributed by atoms with Gasteiger partial charge >= 0.3 is 5.97 Å². The smallest absolute Gasteiger partial charge is 0.355 e. The number of carbonyl (C=O) groups excluding carboxylic acids is 2. The van der Waals surface area contributed by atoms with Crippen LogP contribution in [0.5, 0.6) is 0 Å². The molecular weight excluding hydrogens is 350 g/mol. The Morgan fingerprint density at radius 3 is 2.18 bits per heavy atom. The number of fused-ring (bicyclic) bond motifs is 1. The number of rotatable bonds is 4. The number of carbonyl (C=O) groups is 2. The topological polar surface area (TPSA) is 55.4 Å². The summed E-state index contributed by atoms with van der Waals surface area (Å²) in [5.74, 6) is -0.941. The lowest BCUT2D eigenvalue weighted by Gasteiger charge is -2.21. The van der Waals surface area contributed by atoms with E-state index in [1.165, 1.54) is 0 Å². The maximum absolute atomic E-state index is 12.7. The Labute approximate surface area is 164 Å². The molecule has 0 aliphatic carbocycles. The van der Waals surface area contributed by atoms with Crippen molar-refractivity contribution >= 4 is 28.7 Å². The van der Waals surface area contributed by atoms with E-state index in [1.807, 2.05) is 48.5 Å². The summed E-state index contributed by atoms with van der Waals surface area (Å²) < 4.78 is 5.47. The molecule has 28 heavy (non-hydrogen) atoms. The van der Waals surface area contributed by atoms with Crippen molar-refractivity contribution in [1.29, 1.82) is 0 Å². The molecule has 0 saturated carbocycles. The molecular formula is C24H23NO3. The van der Waals surface area contributed by atoms with Gasteiger partial charge in [-0.3, -0.25) is 4.79 Å². The largest absolute Gasteiger partial charge is 0.455 e. The van der Waals surface area contributed by atoms with Crippen molar-refractivity contribution < 1.29 is 14.3 Å². The molecule has 0 saturated heterocycles. The zero-order chi connectivity index (χ0) is 20.1. The van der Waals surface area contributed by atoms with E-state index in [4.69, 9.17) is 4.74 Å². The molecule has 4 heteroatoms. The van der Waals surface area contributed by atoms with Crippen LogP contribution in [-0.4, -0.2) is 17.5 Å². The molecule has 3 aromatic rings. The van der Waals surface area contributed by atoms with Crippen LogP contribution in [0.25, 0.3) is 16.8 Å². The van der Waals surface area contributed by atoms with Gasteiger partial charge in [0.1, 0.15) is 11.3 Å². The maximum Gasteiger partial charge on any atom is 0.355 e. The lowest BCUT2D eigenvalue weighted by molar-refractivity contribution is -0.150. The van der Waals surface area contributed by atoms with E-state index in [-0.39, 0.29) is 11.6 Å². The van der Waals surface area contributed by atoms with Crippen LogP contribution in [0, 0.1) is 0 Å². The Morgan fingerprint density at radius 1 is 0.857 bits per heavy atom. The second kappa shape index (κ2) is 8.09. The van der Waals surface area contributed by atoms with E-state index in [0.717, 1.165) is 16.3 Å². The average molecular weight is 373 g/mol. The number of hydrogen-bond donors (Lipinski definition) is 1. The highest BCUT2D eigenvalue weighted by Gasteiger charge is 2.22. The number of nitrogens with one attached hydrogen (secondary N) is 1. The third kappa shape index (κ3) is 5.07. The molecule has 0 aliphatic heterocycles. The summed E-state index contributed by atoms with van der Waals surface area (Å²) in [5, 5.41) is 4.85. The second-order valence-corrected chi connectivity index (χ2v) is 7.49. The molecule has 0 bridgehead atoms. The minimum atomic E-state index is -0.670. The Morgan fingerprint density at radius 2 is 1.50 bits per heavy atom. The molecule has 4 nitrogen and oxygen atoms in total. The molecule has 1 amide bonds. The number of benzene rings is 3. The zero-order valence-electron chi connectivity index (χ0n) is 16.2. The summed E-state index contributed by atoms with van der Waals surface area (Å²) in [6, 6.07) is 22.6. The Kier molecular flexibility index (Phi) is 5.59. The van der Waals surface area contributed by atoms with Gasteiger partial charge in [-0.1, -0.05) is 54.6 Å². The SMILES string of the molecule is CC(C)(C)OC(=O)/C(=C/c1ccc2ccccc2c1)NC(=O)c1ccccc1. The number of ether oxygens (including phenoxy) is 1. The van der Waals surface area contributed by atoms with Crippen molar-refractivity contribution in [2.45, 2.75) is 26.4 Å². The molecule has 0 fully saturated rings. The monoisotopic (exact) mass is 373 g/mol. The molecule has 0 atom stereocenters. The standard InChI is InChI=1S/C24H23NO3/c1-24(2,3)28-23(27)21(25-22(26)19-10-5-4-6-11-19)16-17-13-14-18-9-7-8-12-20(18)15-17/h4-16H,1-3H3,(H,25,26)/b21-16-. The molecule has 0 heterocycles. The summed E-state index contributed by atoms with van der Waals surface area (Å²) in [5.41, 5.74) is 0.694. The first kappa shape index (κ1) is 19.4.